The monoisotopic (exact) mass is 435 g/mol. The van der Waals surface area contributed by atoms with Crippen molar-refractivity contribution in [1.82, 2.24) is 19.6 Å². The van der Waals surface area contributed by atoms with E-state index in [1.54, 1.807) is 7.11 Å². The molecule has 0 aliphatic heterocycles. The first-order chi connectivity index (χ1) is 14.7. The number of anilines is 1. The van der Waals surface area contributed by atoms with Crippen molar-refractivity contribution in [3.05, 3.63) is 54.6 Å². The number of thioether (sulfide) groups is 1. The molecule has 0 atom stereocenters. The zero-order valence-corrected chi connectivity index (χ0v) is 17.7. The molecule has 0 aliphatic rings. The molecule has 0 fully saturated rings. The minimum Gasteiger partial charge on any atom is -0.497 e. The second-order valence-corrected chi connectivity index (χ2v) is 8.66. The highest BCUT2D eigenvalue weighted by Crippen LogP contribution is 2.29. The van der Waals surface area contributed by atoms with Crippen molar-refractivity contribution >= 4 is 60.9 Å². The topological polar surface area (TPSA) is 81.4 Å². The molecule has 0 saturated heterocycles. The fraction of sp³-hybridized carbons (Fsp3) is 0.143. The zero-order chi connectivity index (χ0) is 20.5. The molecule has 3 aromatic heterocycles. The van der Waals surface area contributed by atoms with E-state index in [1.807, 2.05) is 52.9 Å². The first kappa shape index (κ1) is 18.8. The summed E-state index contributed by atoms with van der Waals surface area (Å²) >= 11 is 2.95. The van der Waals surface area contributed by atoms with Gasteiger partial charge in [-0.05, 0) is 41.8 Å². The number of rotatable bonds is 6. The van der Waals surface area contributed by atoms with Crippen LogP contribution in [0.25, 0.3) is 26.8 Å². The van der Waals surface area contributed by atoms with E-state index in [2.05, 4.69) is 26.6 Å². The lowest BCUT2D eigenvalue weighted by molar-refractivity contribution is -0.115. The Hall–Kier alpha value is -3.17. The third kappa shape index (κ3) is 3.57. The summed E-state index contributed by atoms with van der Waals surface area (Å²) in [6, 6.07) is 17.8. The number of hydrogen-bond acceptors (Lipinski definition) is 7. The Bertz CT molecular complexity index is 1380. The number of carbonyl (C=O) groups excluding carboxylic acids is 1. The lowest BCUT2D eigenvalue weighted by atomic mass is 10.2. The fourth-order valence-corrected chi connectivity index (χ4v) is 5.01. The van der Waals surface area contributed by atoms with Gasteiger partial charge in [0.15, 0.2) is 15.9 Å². The minimum atomic E-state index is -0.0767. The number of nitrogens with zero attached hydrogens (tertiary/aromatic N) is 4. The molecule has 5 aromatic rings. The maximum atomic E-state index is 12.4. The number of para-hydroxylation sites is 1. The Morgan fingerprint density at radius 3 is 2.97 bits per heavy atom. The summed E-state index contributed by atoms with van der Waals surface area (Å²) < 4.78 is 8.23. The maximum Gasteiger partial charge on any atom is 0.226 e. The summed E-state index contributed by atoms with van der Waals surface area (Å²) in [6.07, 6.45) is 0.351. The van der Waals surface area contributed by atoms with Gasteiger partial charge in [0.05, 0.1) is 22.8 Å². The SMILES string of the molecule is COc1ccc2nc(NC(=O)CCSc3nnc4ccc5ccccc5n34)sc2c1. The van der Waals surface area contributed by atoms with Gasteiger partial charge >= 0.3 is 0 Å². The van der Waals surface area contributed by atoms with Gasteiger partial charge in [-0.25, -0.2) is 4.98 Å². The van der Waals surface area contributed by atoms with Gasteiger partial charge < -0.3 is 10.1 Å². The summed E-state index contributed by atoms with van der Waals surface area (Å²) in [5.41, 5.74) is 2.69. The summed E-state index contributed by atoms with van der Waals surface area (Å²) in [5.74, 6) is 1.29. The van der Waals surface area contributed by atoms with Crippen molar-refractivity contribution < 1.29 is 9.53 Å². The number of nitrogens with one attached hydrogen (secondary N) is 1. The summed E-state index contributed by atoms with van der Waals surface area (Å²) in [7, 11) is 1.63. The highest BCUT2D eigenvalue weighted by molar-refractivity contribution is 7.99. The standard InChI is InChI=1S/C21H17N5O2S2/c1-28-14-7-8-15-17(12-14)30-20(22-15)23-19(27)10-11-29-21-25-24-18-9-6-13-4-2-3-5-16(13)26(18)21/h2-9,12H,10-11H2,1H3,(H,22,23,27). The molecular formula is C21H17N5O2S2. The third-order valence-corrected chi connectivity index (χ3v) is 6.51. The second kappa shape index (κ2) is 7.92. The van der Waals surface area contributed by atoms with Gasteiger partial charge in [-0.15, -0.1) is 10.2 Å². The molecule has 0 saturated carbocycles. The number of methoxy groups -OCH3 is 1. The van der Waals surface area contributed by atoms with Gasteiger partial charge in [0.25, 0.3) is 0 Å². The Morgan fingerprint density at radius 1 is 1.17 bits per heavy atom. The molecule has 0 radical (unpaired) electrons. The van der Waals surface area contributed by atoms with Crippen LogP contribution < -0.4 is 10.1 Å². The van der Waals surface area contributed by atoms with Crippen molar-refractivity contribution in [1.29, 1.82) is 0 Å². The number of pyridine rings is 1. The van der Waals surface area contributed by atoms with Crippen LogP contribution in [0.2, 0.25) is 0 Å². The van der Waals surface area contributed by atoms with Crippen molar-refractivity contribution in [2.45, 2.75) is 11.6 Å². The number of amides is 1. The Kier molecular flexibility index (Phi) is 4.97. The first-order valence-electron chi connectivity index (χ1n) is 9.31. The molecular weight excluding hydrogens is 418 g/mol. The van der Waals surface area contributed by atoms with Crippen LogP contribution in [-0.4, -0.2) is 38.4 Å². The molecule has 1 N–H and O–H groups in total. The van der Waals surface area contributed by atoms with E-state index in [-0.39, 0.29) is 5.91 Å². The largest absolute Gasteiger partial charge is 0.497 e. The van der Waals surface area contributed by atoms with Gasteiger partial charge in [-0.2, -0.15) is 0 Å². The summed E-state index contributed by atoms with van der Waals surface area (Å²) in [5, 5.41) is 13.9. The summed E-state index contributed by atoms with van der Waals surface area (Å²) in [6.45, 7) is 0. The van der Waals surface area contributed by atoms with Crippen LogP contribution in [0.4, 0.5) is 5.13 Å². The van der Waals surface area contributed by atoms with Crippen LogP contribution in [0, 0.1) is 0 Å². The molecule has 150 valence electrons. The zero-order valence-electron chi connectivity index (χ0n) is 16.0. The number of carbonyl (C=O) groups is 1. The number of benzene rings is 2. The molecule has 3 heterocycles. The highest BCUT2D eigenvalue weighted by Gasteiger charge is 2.12. The van der Waals surface area contributed by atoms with Crippen molar-refractivity contribution in [3.8, 4) is 5.75 Å². The van der Waals surface area contributed by atoms with Crippen LogP contribution in [0.1, 0.15) is 6.42 Å². The molecule has 0 unspecified atom stereocenters. The summed E-state index contributed by atoms with van der Waals surface area (Å²) in [4.78, 5) is 16.9. The number of hydrogen-bond donors (Lipinski definition) is 1. The molecule has 30 heavy (non-hydrogen) atoms. The van der Waals surface area contributed by atoms with Gasteiger partial charge in [0.2, 0.25) is 5.91 Å². The minimum absolute atomic E-state index is 0.0767. The molecule has 0 aliphatic carbocycles. The van der Waals surface area contributed by atoms with Crippen LogP contribution in [0.3, 0.4) is 0 Å². The van der Waals surface area contributed by atoms with Gasteiger partial charge in [0.1, 0.15) is 5.75 Å². The average Bonchev–Trinajstić information content (AvgIpc) is 3.36. The van der Waals surface area contributed by atoms with E-state index < -0.39 is 0 Å². The molecule has 5 rings (SSSR count). The van der Waals surface area contributed by atoms with E-state index in [1.165, 1.54) is 23.1 Å². The lowest BCUT2D eigenvalue weighted by Crippen LogP contribution is -2.12. The van der Waals surface area contributed by atoms with Gasteiger partial charge in [-0.3, -0.25) is 9.20 Å². The van der Waals surface area contributed by atoms with Crippen molar-refractivity contribution in [2.24, 2.45) is 0 Å². The normalized spacial score (nSPS) is 11.4. The molecule has 9 heteroatoms. The quantitative estimate of drug-likeness (QED) is 0.392. The lowest BCUT2D eigenvalue weighted by Gasteiger charge is -2.04. The number of thiazole rings is 1. The molecule has 0 spiro atoms. The molecule has 2 aromatic carbocycles. The van der Waals surface area contributed by atoms with Crippen molar-refractivity contribution in [2.75, 3.05) is 18.2 Å². The number of aromatic nitrogens is 4. The average molecular weight is 436 g/mol. The maximum absolute atomic E-state index is 12.4. The second-order valence-electron chi connectivity index (χ2n) is 6.57. The molecule has 0 bridgehead atoms. The Labute approximate surface area is 180 Å². The Balaban J connectivity index is 1.26. The van der Waals surface area contributed by atoms with E-state index >= 15 is 0 Å². The Morgan fingerprint density at radius 2 is 2.07 bits per heavy atom. The smallest absolute Gasteiger partial charge is 0.226 e. The van der Waals surface area contributed by atoms with E-state index in [0.717, 1.165) is 37.7 Å². The van der Waals surface area contributed by atoms with Crippen LogP contribution in [0.5, 0.6) is 5.75 Å². The van der Waals surface area contributed by atoms with E-state index in [9.17, 15) is 4.79 Å². The molecule has 1 amide bonds. The predicted molar refractivity (Wildman–Crippen MR) is 121 cm³/mol. The number of ether oxygens (including phenoxy) is 1. The van der Waals surface area contributed by atoms with E-state index in [4.69, 9.17) is 4.74 Å². The van der Waals surface area contributed by atoms with Crippen LogP contribution >= 0.6 is 23.1 Å². The molecule has 7 nitrogen and oxygen atoms in total. The predicted octanol–water partition coefficient (Wildman–Crippen LogP) is 4.62. The van der Waals surface area contributed by atoms with Crippen LogP contribution in [0.15, 0.2) is 59.8 Å². The fourth-order valence-electron chi connectivity index (χ4n) is 3.21. The highest BCUT2D eigenvalue weighted by atomic mass is 32.2. The number of fused-ring (bicyclic) bond motifs is 4. The van der Waals surface area contributed by atoms with Crippen molar-refractivity contribution in [3.63, 3.8) is 0 Å². The van der Waals surface area contributed by atoms with Gasteiger partial charge in [0, 0.05) is 12.2 Å². The third-order valence-electron chi connectivity index (χ3n) is 4.65. The first-order valence-corrected chi connectivity index (χ1v) is 11.1. The van der Waals surface area contributed by atoms with Crippen LogP contribution in [-0.2, 0) is 4.79 Å². The van der Waals surface area contributed by atoms with Gasteiger partial charge in [-0.1, -0.05) is 41.3 Å². The van der Waals surface area contributed by atoms with E-state index in [0.29, 0.717) is 17.3 Å².